The summed E-state index contributed by atoms with van der Waals surface area (Å²) in [7, 11) is 0. The molecular formula is C12H23N5O. The van der Waals surface area contributed by atoms with Crippen molar-refractivity contribution in [2.45, 2.75) is 33.0 Å². The molecule has 0 bridgehead atoms. The number of morpholine rings is 1. The molecule has 2 heterocycles. The minimum Gasteiger partial charge on any atom is -0.374 e. The predicted octanol–water partition coefficient (Wildman–Crippen LogP) is 0.0936. The van der Waals surface area contributed by atoms with Gasteiger partial charge in [-0.05, 0) is 5.92 Å². The second-order valence-corrected chi connectivity index (χ2v) is 5.28. The van der Waals surface area contributed by atoms with Crippen LogP contribution in [0.15, 0.2) is 6.20 Å². The maximum atomic E-state index is 5.78. The van der Waals surface area contributed by atoms with E-state index in [-0.39, 0.29) is 6.10 Å². The van der Waals surface area contributed by atoms with Gasteiger partial charge in [-0.15, -0.1) is 5.10 Å². The highest BCUT2D eigenvalue weighted by atomic mass is 16.5. The van der Waals surface area contributed by atoms with E-state index >= 15 is 0 Å². The van der Waals surface area contributed by atoms with Gasteiger partial charge in [0.05, 0.1) is 24.9 Å². The molecule has 0 saturated carbocycles. The number of aromatic nitrogens is 3. The first-order chi connectivity index (χ1) is 8.67. The number of hydrogen-bond donors (Lipinski definition) is 1. The minimum absolute atomic E-state index is 0.199. The molecule has 1 aliphatic heterocycles. The summed E-state index contributed by atoms with van der Waals surface area (Å²) in [6.45, 7) is 9.61. The number of ether oxygens (including phenoxy) is 1. The van der Waals surface area contributed by atoms with Crippen molar-refractivity contribution in [3.63, 3.8) is 0 Å². The summed E-state index contributed by atoms with van der Waals surface area (Å²) >= 11 is 0. The molecule has 1 aromatic heterocycles. The molecule has 1 aromatic rings. The lowest BCUT2D eigenvalue weighted by molar-refractivity contribution is -0.0406. The van der Waals surface area contributed by atoms with Crippen molar-refractivity contribution in [3.8, 4) is 0 Å². The first kappa shape index (κ1) is 13.5. The molecule has 2 rings (SSSR count). The van der Waals surface area contributed by atoms with Gasteiger partial charge in [-0.25, -0.2) is 4.68 Å². The standard InChI is InChI=1S/C12H23N5O/c1-10(2)6-16-3-4-18-12(8-16)9-17-7-11(5-13)14-15-17/h7,10,12H,3-6,8-9,13H2,1-2H3. The Morgan fingerprint density at radius 1 is 1.56 bits per heavy atom. The Balaban J connectivity index is 1.85. The maximum absolute atomic E-state index is 5.78. The molecule has 0 spiro atoms. The van der Waals surface area contributed by atoms with Crippen molar-refractivity contribution in [2.75, 3.05) is 26.2 Å². The molecule has 1 fully saturated rings. The molecule has 2 N–H and O–H groups in total. The molecule has 0 amide bonds. The SMILES string of the molecule is CC(C)CN1CCOC(Cn2cc(CN)nn2)C1. The molecule has 1 atom stereocenters. The Morgan fingerprint density at radius 3 is 3.06 bits per heavy atom. The van der Waals surface area contributed by atoms with Crippen molar-refractivity contribution < 1.29 is 4.74 Å². The highest BCUT2D eigenvalue weighted by Crippen LogP contribution is 2.09. The molecule has 6 nitrogen and oxygen atoms in total. The molecule has 6 heteroatoms. The summed E-state index contributed by atoms with van der Waals surface area (Å²) in [5, 5.41) is 8.04. The van der Waals surface area contributed by atoms with Crippen molar-refractivity contribution in [1.82, 2.24) is 19.9 Å². The molecule has 0 aliphatic carbocycles. The van der Waals surface area contributed by atoms with E-state index in [0.29, 0.717) is 12.5 Å². The van der Waals surface area contributed by atoms with E-state index in [0.717, 1.165) is 38.5 Å². The van der Waals surface area contributed by atoms with Gasteiger partial charge in [0.15, 0.2) is 0 Å². The molecule has 0 aromatic carbocycles. The molecule has 18 heavy (non-hydrogen) atoms. The monoisotopic (exact) mass is 253 g/mol. The van der Waals surface area contributed by atoms with Gasteiger partial charge in [0.25, 0.3) is 0 Å². The smallest absolute Gasteiger partial charge is 0.0962 e. The van der Waals surface area contributed by atoms with Crippen LogP contribution in [0.25, 0.3) is 0 Å². The van der Waals surface area contributed by atoms with Crippen molar-refractivity contribution in [2.24, 2.45) is 11.7 Å². The van der Waals surface area contributed by atoms with Gasteiger partial charge in [0, 0.05) is 32.4 Å². The molecule has 1 aliphatic rings. The van der Waals surface area contributed by atoms with Crippen LogP contribution in [0.1, 0.15) is 19.5 Å². The van der Waals surface area contributed by atoms with Gasteiger partial charge in [0.1, 0.15) is 0 Å². The zero-order valence-electron chi connectivity index (χ0n) is 11.2. The topological polar surface area (TPSA) is 69.2 Å². The van der Waals surface area contributed by atoms with Gasteiger partial charge in [-0.2, -0.15) is 0 Å². The maximum Gasteiger partial charge on any atom is 0.0962 e. The van der Waals surface area contributed by atoms with E-state index in [1.54, 1.807) is 0 Å². The predicted molar refractivity (Wildman–Crippen MR) is 68.9 cm³/mol. The van der Waals surface area contributed by atoms with Gasteiger partial charge in [-0.1, -0.05) is 19.1 Å². The fraction of sp³-hybridized carbons (Fsp3) is 0.833. The van der Waals surface area contributed by atoms with Crippen LogP contribution in [-0.4, -0.2) is 52.2 Å². The molecule has 102 valence electrons. The summed E-state index contributed by atoms with van der Waals surface area (Å²) in [6, 6.07) is 0. The highest BCUT2D eigenvalue weighted by Gasteiger charge is 2.21. The van der Waals surface area contributed by atoms with E-state index < -0.39 is 0 Å². The third kappa shape index (κ3) is 3.76. The summed E-state index contributed by atoms with van der Waals surface area (Å²) in [5.41, 5.74) is 6.34. The van der Waals surface area contributed by atoms with Gasteiger partial charge >= 0.3 is 0 Å². The summed E-state index contributed by atoms with van der Waals surface area (Å²) in [4.78, 5) is 2.46. The van der Waals surface area contributed by atoms with E-state index in [1.165, 1.54) is 0 Å². The van der Waals surface area contributed by atoms with E-state index in [2.05, 4.69) is 29.1 Å². The molecular weight excluding hydrogens is 230 g/mol. The lowest BCUT2D eigenvalue weighted by Gasteiger charge is -2.33. The second-order valence-electron chi connectivity index (χ2n) is 5.28. The number of hydrogen-bond acceptors (Lipinski definition) is 5. The zero-order chi connectivity index (χ0) is 13.0. The van der Waals surface area contributed by atoms with Crippen LogP contribution in [0.4, 0.5) is 0 Å². The Labute approximate surface area is 108 Å². The summed E-state index contributed by atoms with van der Waals surface area (Å²) in [6.07, 6.45) is 2.09. The lowest BCUT2D eigenvalue weighted by Crippen LogP contribution is -2.45. The van der Waals surface area contributed by atoms with E-state index in [1.807, 2.05) is 10.9 Å². The first-order valence-electron chi connectivity index (χ1n) is 6.60. The average molecular weight is 253 g/mol. The van der Waals surface area contributed by atoms with Gasteiger partial charge in [-0.3, -0.25) is 4.90 Å². The second kappa shape index (κ2) is 6.26. The number of nitrogens with two attached hydrogens (primary N) is 1. The van der Waals surface area contributed by atoms with E-state index in [9.17, 15) is 0 Å². The Bertz CT molecular complexity index is 365. The Morgan fingerprint density at radius 2 is 2.39 bits per heavy atom. The highest BCUT2D eigenvalue weighted by molar-refractivity contribution is 4.90. The zero-order valence-corrected chi connectivity index (χ0v) is 11.2. The van der Waals surface area contributed by atoms with Crippen molar-refractivity contribution in [3.05, 3.63) is 11.9 Å². The van der Waals surface area contributed by atoms with Gasteiger partial charge < -0.3 is 10.5 Å². The third-order valence-corrected chi connectivity index (χ3v) is 3.03. The normalized spacial score (nSPS) is 21.7. The summed E-state index contributed by atoms with van der Waals surface area (Å²) < 4.78 is 7.60. The van der Waals surface area contributed by atoms with Crippen LogP contribution >= 0.6 is 0 Å². The number of nitrogens with zero attached hydrogens (tertiary/aromatic N) is 4. The summed E-state index contributed by atoms with van der Waals surface area (Å²) in [5.74, 6) is 0.693. The van der Waals surface area contributed by atoms with Crippen molar-refractivity contribution in [1.29, 1.82) is 0 Å². The minimum atomic E-state index is 0.199. The van der Waals surface area contributed by atoms with Gasteiger partial charge in [0.2, 0.25) is 0 Å². The largest absolute Gasteiger partial charge is 0.374 e. The third-order valence-electron chi connectivity index (χ3n) is 3.03. The van der Waals surface area contributed by atoms with Crippen LogP contribution < -0.4 is 5.73 Å². The van der Waals surface area contributed by atoms with Crippen LogP contribution in [0, 0.1) is 5.92 Å². The van der Waals surface area contributed by atoms with Crippen LogP contribution in [0.2, 0.25) is 0 Å². The van der Waals surface area contributed by atoms with E-state index in [4.69, 9.17) is 10.5 Å². The average Bonchev–Trinajstić information content (AvgIpc) is 2.76. The first-order valence-corrected chi connectivity index (χ1v) is 6.60. The Kier molecular flexibility index (Phi) is 4.68. The fourth-order valence-corrected chi connectivity index (χ4v) is 2.30. The van der Waals surface area contributed by atoms with Crippen LogP contribution in [-0.2, 0) is 17.8 Å². The number of rotatable bonds is 5. The van der Waals surface area contributed by atoms with Crippen LogP contribution in [0.5, 0.6) is 0 Å². The van der Waals surface area contributed by atoms with Crippen LogP contribution in [0.3, 0.4) is 0 Å². The fourth-order valence-electron chi connectivity index (χ4n) is 2.30. The Hall–Kier alpha value is -0.980. The lowest BCUT2D eigenvalue weighted by atomic mass is 10.2. The molecule has 1 saturated heterocycles. The van der Waals surface area contributed by atoms with Crippen molar-refractivity contribution >= 4 is 0 Å². The quantitative estimate of drug-likeness (QED) is 0.805. The molecule has 1 unspecified atom stereocenters. The molecule has 0 radical (unpaired) electrons.